The van der Waals surface area contributed by atoms with Crippen molar-refractivity contribution >= 4 is 23.5 Å². The topological polar surface area (TPSA) is 155 Å². The van der Waals surface area contributed by atoms with Gasteiger partial charge in [-0.1, -0.05) is 91.9 Å². The van der Waals surface area contributed by atoms with Gasteiger partial charge in [0, 0.05) is 13.2 Å². The molecule has 0 aromatic rings. The van der Waals surface area contributed by atoms with Crippen LogP contribution in [0.2, 0.25) is 0 Å². The molecule has 2 N–H and O–H groups in total. The zero-order chi connectivity index (χ0) is 28.8. The molecule has 0 aliphatic rings. The number of carboxylic acids is 2. The summed E-state index contributed by atoms with van der Waals surface area (Å²) in [4.78, 5) is 42.6. The Bertz CT molecular complexity index is 448. The first-order chi connectivity index (χ1) is 17.0. The van der Waals surface area contributed by atoms with E-state index in [1.807, 2.05) is 0 Å². The molecule has 0 aromatic heterocycles. The minimum absolute atomic E-state index is 0. The molecule has 0 aliphatic heterocycles. The van der Waals surface area contributed by atoms with Crippen molar-refractivity contribution in [3.63, 3.8) is 0 Å². The maximum Gasteiger partial charge on any atom is 2.00 e. The first kappa shape index (κ1) is 46.0. The van der Waals surface area contributed by atoms with Crippen LogP contribution in [0.4, 0.5) is 0 Å². The van der Waals surface area contributed by atoms with E-state index in [2.05, 4.69) is 27.7 Å². The molecule has 0 rings (SSSR count). The fourth-order valence-corrected chi connectivity index (χ4v) is 2.84. The van der Waals surface area contributed by atoms with Crippen LogP contribution in [-0.4, -0.2) is 46.9 Å². The largest absolute Gasteiger partial charge is 2.00 e. The second-order valence-corrected chi connectivity index (χ2v) is 8.82. The number of unbranched alkanes of at least 4 members (excludes halogenated alkanes) is 8. The van der Waals surface area contributed by atoms with Crippen LogP contribution in [-0.2, 0) is 45.4 Å². The van der Waals surface area contributed by atoms with Crippen molar-refractivity contribution in [2.75, 3.05) is 13.2 Å². The quantitative estimate of drug-likeness (QED) is 0.177. The van der Waals surface area contributed by atoms with Gasteiger partial charge in [0.1, 0.15) is 11.6 Å². The molecule has 218 valence electrons. The zero-order valence-corrected chi connectivity index (χ0v) is 26.8. The molecular formula is C28H54O8Zr. The number of carbonyl (C=O) groups is 4. The summed E-state index contributed by atoms with van der Waals surface area (Å²) in [5.41, 5.74) is 0. The van der Waals surface area contributed by atoms with Crippen molar-refractivity contribution in [1.29, 1.82) is 0 Å². The molecule has 0 radical (unpaired) electrons. The van der Waals surface area contributed by atoms with Crippen molar-refractivity contribution in [2.45, 2.75) is 131 Å². The van der Waals surface area contributed by atoms with Crippen LogP contribution in [0, 0.1) is 11.8 Å². The molecule has 37 heavy (non-hydrogen) atoms. The molecule has 0 saturated carbocycles. The van der Waals surface area contributed by atoms with Crippen molar-refractivity contribution in [1.82, 2.24) is 0 Å². The molecule has 0 saturated heterocycles. The second kappa shape index (κ2) is 37.2. The number of ketones is 2. The van der Waals surface area contributed by atoms with Gasteiger partial charge in [0.25, 0.3) is 0 Å². The number of carboxylic acid groups (broad SMARTS) is 2. The number of carbonyl (C=O) groups excluding carboxylic acids is 4. The van der Waals surface area contributed by atoms with E-state index in [1.165, 1.54) is 13.8 Å². The Kier molecular flexibility index (Phi) is 46.3. The molecule has 0 heterocycles. The number of Topliss-reactive ketones (excluding diaryl/α,β-unsaturated/α-hetero) is 2. The predicted molar refractivity (Wildman–Crippen MR) is 140 cm³/mol. The molecule has 0 amide bonds. The van der Waals surface area contributed by atoms with Gasteiger partial charge in [0.2, 0.25) is 0 Å². The molecule has 0 fully saturated rings. The Morgan fingerprint density at radius 2 is 0.811 bits per heavy atom. The van der Waals surface area contributed by atoms with Crippen LogP contribution >= 0.6 is 0 Å². The first-order valence-electron chi connectivity index (χ1n) is 13.7. The Hall–Kier alpha value is -0.917. The summed E-state index contributed by atoms with van der Waals surface area (Å²) < 4.78 is 0. The monoisotopic (exact) mass is 608 g/mol. The molecule has 0 aliphatic carbocycles. The minimum Gasteiger partial charge on any atom is -0.549 e. The molecule has 0 aromatic carbocycles. The summed E-state index contributed by atoms with van der Waals surface area (Å²) in [5.74, 6) is -4.84. The van der Waals surface area contributed by atoms with Gasteiger partial charge in [0.15, 0.2) is 0 Å². The number of hydrogen-bond donors (Lipinski definition) is 2. The summed E-state index contributed by atoms with van der Waals surface area (Å²) in [6.45, 7) is 11.6. The molecule has 8 nitrogen and oxygen atoms in total. The average Bonchev–Trinajstić information content (AvgIpc) is 2.80. The Morgan fingerprint density at radius 1 is 0.541 bits per heavy atom. The fraction of sp³-hybridized carbons (Fsp3) is 0.857. The summed E-state index contributed by atoms with van der Waals surface area (Å²) in [6, 6.07) is 0. The van der Waals surface area contributed by atoms with Gasteiger partial charge >= 0.3 is 26.2 Å². The SMILES string of the molecule is CCCCCCC(C(C)=O)C(=O)[O-].CCCCCCC(C(C)=O)C(=O)[O-].CCCCO.CCCCO.[Zr+2]. The predicted octanol–water partition coefficient (Wildman–Crippen LogP) is 3.38. The summed E-state index contributed by atoms with van der Waals surface area (Å²) in [5, 5.41) is 37.1. The van der Waals surface area contributed by atoms with Gasteiger partial charge in [0.05, 0.1) is 23.8 Å². The van der Waals surface area contributed by atoms with Gasteiger partial charge in [-0.3, -0.25) is 9.59 Å². The van der Waals surface area contributed by atoms with Crippen LogP contribution in [0.25, 0.3) is 0 Å². The molecule has 0 bridgehead atoms. The van der Waals surface area contributed by atoms with Crippen LogP contribution in [0.5, 0.6) is 0 Å². The third-order valence-corrected chi connectivity index (χ3v) is 5.27. The smallest absolute Gasteiger partial charge is 0.549 e. The van der Waals surface area contributed by atoms with E-state index >= 15 is 0 Å². The van der Waals surface area contributed by atoms with E-state index in [1.54, 1.807) is 0 Å². The third-order valence-electron chi connectivity index (χ3n) is 5.27. The fourth-order valence-electron chi connectivity index (χ4n) is 2.84. The van der Waals surface area contributed by atoms with Gasteiger partial charge in [-0.15, -0.1) is 0 Å². The molecule has 2 unspecified atom stereocenters. The van der Waals surface area contributed by atoms with Gasteiger partial charge in [-0.05, 0) is 39.5 Å². The van der Waals surface area contributed by atoms with Crippen molar-refractivity contribution in [3.05, 3.63) is 0 Å². The normalized spacial score (nSPS) is 11.0. The number of aliphatic hydroxyl groups is 2. The van der Waals surface area contributed by atoms with Crippen LogP contribution < -0.4 is 10.2 Å². The average molecular weight is 610 g/mol. The van der Waals surface area contributed by atoms with Gasteiger partial charge in [-0.25, -0.2) is 0 Å². The van der Waals surface area contributed by atoms with Gasteiger partial charge in [-0.2, -0.15) is 0 Å². The van der Waals surface area contributed by atoms with Crippen molar-refractivity contribution in [3.8, 4) is 0 Å². The van der Waals surface area contributed by atoms with E-state index < -0.39 is 23.8 Å². The first-order valence-corrected chi connectivity index (χ1v) is 13.7. The number of rotatable bonds is 18. The van der Waals surface area contributed by atoms with E-state index in [9.17, 15) is 29.4 Å². The van der Waals surface area contributed by atoms with Crippen molar-refractivity contribution in [2.24, 2.45) is 11.8 Å². The van der Waals surface area contributed by atoms with E-state index in [4.69, 9.17) is 10.2 Å². The number of aliphatic hydroxyl groups excluding tert-OH is 2. The zero-order valence-electron chi connectivity index (χ0n) is 24.3. The maximum atomic E-state index is 10.8. The second-order valence-electron chi connectivity index (χ2n) is 8.82. The molecular weight excluding hydrogens is 556 g/mol. The number of aliphatic carboxylic acids is 2. The van der Waals surface area contributed by atoms with Gasteiger partial charge < -0.3 is 30.0 Å². The van der Waals surface area contributed by atoms with E-state index in [0.29, 0.717) is 26.1 Å². The Labute approximate surface area is 245 Å². The molecule has 2 atom stereocenters. The van der Waals surface area contributed by atoms with Crippen LogP contribution in [0.1, 0.15) is 131 Å². The van der Waals surface area contributed by atoms with E-state index in [0.717, 1.165) is 77.0 Å². The number of hydrogen-bond acceptors (Lipinski definition) is 8. The molecule has 9 heteroatoms. The minimum atomic E-state index is -1.23. The maximum absolute atomic E-state index is 10.8. The standard InChI is InChI=1S/2C10H18O3.2C4H10O.Zr/c2*1-3-4-5-6-7-9(8(2)11)10(12)13;2*1-2-3-4-5;/h2*9H,3-7H2,1-2H3,(H,12,13);2*5H,2-4H2,1H3;/q;;;;+2/p-2. The van der Waals surface area contributed by atoms with Crippen LogP contribution in [0.3, 0.4) is 0 Å². The third kappa shape index (κ3) is 39.7. The van der Waals surface area contributed by atoms with Crippen LogP contribution in [0.15, 0.2) is 0 Å². The summed E-state index contributed by atoms with van der Waals surface area (Å²) >= 11 is 0. The summed E-state index contributed by atoms with van der Waals surface area (Å²) in [7, 11) is 0. The Balaban J connectivity index is -0.000000133. The Morgan fingerprint density at radius 3 is 0.946 bits per heavy atom. The molecule has 0 spiro atoms. The summed E-state index contributed by atoms with van der Waals surface area (Å²) in [6.07, 6.45) is 12.9. The van der Waals surface area contributed by atoms with Crippen molar-refractivity contribution < 1.29 is 65.8 Å². The van der Waals surface area contributed by atoms with E-state index in [-0.39, 0.29) is 37.8 Å².